The van der Waals surface area contributed by atoms with Crippen molar-refractivity contribution < 1.29 is 0 Å². The summed E-state index contributed by atoms with van der Waals surface area (Å²) in [6, 6.07) is 77.2. The van der Waals surface area contributed by atoms with Crippen LogP contribution in [0, 0.1) is 0 Å². The van der Waals surface area contributed by atoms with Crippen LogP contribution in [0.4, 0.5) is 17.1 Å². The van der Waals surface area contributed by atoms with E-state index in [1.165, 1.54) is 84.9 Å². The molecule has 0 bridgehead atoms. The Labute approximate surface area is 340 Å². The van der Waals surface area contributed by atoms with Crippen molar-refractivity contribution in [3.05, 3.63) is 212 Å². The minimum atomic E-state index is 1.11. The van der Waals surface area contributed by atoms with Crippen LogP contribution in [-0.2, 0) is 0 Å². The summed E-state index contributed by atoms with van der Waals surface area (Å²) in [6.07, 6.45) is 0. The Balaban J connectivity index is 0.998. The van der Waals surface area contributed by atoms with Crippen LogP contribution >= 0.6 is 22.7 Å². The zero-order valence-electron chi connectivity index (χ0n) is 31.0. The Bertz CT molecular complexity index is 3200. The van der Waals surface area contributed by atoms with Gasteiger partial charge in [0.05, 0.1) is 0 Å². The van der Waals surface area contributed by atoms with Crippen molar-refractivity contribution in [2.24, 2.45) is 0 Å². The third kappa shape index (κ3) is 5.91. The molecule has 2 aromatic heterocycles. The van der Waals surface area contributed by atoms with Crippen LogP contribution in [0.3, 0.4) is 0 Å². The van der Waals surface area contributed by atoms with Crippen molar-refractivity contribution in [2.75, 3.05) is 4.90 Å². The molecule has 0 saturated carbocycles. The lowest BCUT2D eigenvalue weighted by molar-refractivity contribution is 1.28. The Hall–Kier alpha value is -6.78. The lowest BCUT2D eigenvalue weighted by Crippen LogP contribution is -2.09. The van der Waals surface area contributed by atoms with E-state index in [-0.39, 0.29) is 0 Å². The second-order valence-electron chi connectivity index (χ2n) is 14.5. The van der Waals surface area contributed by atoms with Gasteiger partial charge in [0.2, 0.25) is 0 Å². The van der Waals surface area contributed by atoms with Crippen LogP contribution in [0.25, 0.3) is 84.9 Å². The molecule has 57 heavy (non-hydrogen) atoms. The van der Waals surface area contributed by atoms with Gasteiger partial charge in [0.1, 0.15) is 0 Å². The van der Waals surface area contributed by atoms with Crippen molar-refractivity contribution in [2.45, 2.75) is 0 Å². The molecule has 0 aliphatic rings. The molecule has 0 aliphatic heterocycles. The molecule has 3 heteroatoms. The van der Waals surface area contributed by atoms with Gasteiger partial charge in [-0.3, -0.25) is 0 Å². The lowest BCUT2D eigenvalue weighted by atomic mass is 9.94. The van der Waals surface area contributed by atoms with Gasteiger partial charge in [-0.2, -0.15) is 0 Å². The first kappa shape index (κ1) is 33.5. The van der Waals surface area contributed by atoms with Crippen LogP contribution in [0.5, 0.6) is 0 Å². The van der Waals surface area contributed by atoms with Crippen LogP contribution in [0.1, 0.15) is 0 Å². The molecule has 0 N–H and O–H groups in total. The van der Waals surface area contributed by atoms with E-state index in [0.717, 1.165) is 17.1 Å². The molecule has 0 fully saturated rings. The molecule has 268 valence electrons. The Morgan fingerprint density at radius 2 is 0.719 bits per heavy atom. The van der Waals surface area contributed by atoms with Crippen molar-refractivity contribution in [3.63, 3.8) is 0 Å². The molecule has 0 spiro atoms. The zero-order chi connectivity index (χ0) is 37.7. The number of hydrogen-bond donors (Lipinski definition) is 0. The maximum absolute atomic E-state index is 2.36. The minimum Gasteiger partial charge on any atom is -0.311 e. The van der Waals surface area contributed by atoms with E-state index in [1.807, 2.05) is 22.7 Å². The largest absolute Gasteiger partial charge is 0.311 e. The molecule has 1 nitrogen and oxygen atoms in total. The van der Waals surface area contributed by atoms with E-state index in [1.54, 1.807) is 0 Å². The number of fused-ring (bicyclic) bond motifs is 7. The average Bonchev–Trinajstić information content (AvgIpc) is 3.87. The highest BCUT2D eigenvalue weighted by molar-refractivity contribution is 7.30. The van der Waals surface area contributed by atoms with Crippen molar-refractivity contribution in [1.82, 2.24) is 0 Å². The summed E-state index contributed by atoms with van der Waals surface area (Å²) < 4.78 is 5.41. The smallest absolute Gasteiger partial charge is 0.0462 e. The van der Waals surface area contributed by atoms with Crippen molar-refractivity contribution >= 4 is 80.1 Å². The average molecular weight is 762 g/mol. The van der Waals surface area contributed by atoms with E-state index in [2.05, 4.69) is 217 Å². The van der Waals surface area contributed by atoms with Crippen LogP contribution in [0.15, 0.2) is 212 Å². The molecule has 0 aliphatic carbocycles. The van der Waals surface area contributed by atoms with Gasteiger partial charge in [0.25, 0.3) is 0 Å². The highest BCUT2D eigenvalue weighted by Crippen LogP contribution is 2.47. The number of anilines is 3. The molecule has 11 rings (SSSR count). The van der Waals surface area contributed by atoms with Crippen LogP contribution in [0.2, 0.25) is 0 Å². The van der Waals surface area contributed by atoms with E-state index >= 15 is 0 Å². The standard InChI is InChI=1S/C54H35NS2/c1-3-12-36(13-4-1)37-22-28-41(29-23-37)55(42-30-24-39(25-31-42)45-17-8-7-16-44(45)38-14-5-2-6-15-38)43-32-26-40(27-33-43)46-19-11-20-47-48-34-35-51-52(54(48)57-53(46)47)49-18-9-10-21-50(49)56-51/h1-35H. The molecule has 0 unspecified atom stereocenters. The van der Waals surface area contributed by atoms with Gasteiger partial charge in [-0.1, -0.05) is 164 Å². The van der Waals surface area contributed by atoms with Crippen LogP contribution < -0.4 is 4.90 Å². The predicted octanol–water partition coefficient (Wildman–Crippen LogP) is 16.6. The number of thiophene rings is 2. The fourth-order valence-corrected chi connectivity index (χ4v) is 10.9. The molecular weight excluding hydrogens is 727 g/mol. The molecule has 2 heterocycles. The summed E-state index contributed by atoms with van der Waals surface area (Å²) in [5, 5.41) is 5.40. The van der Waals surface area contributed by atoms with E-state index in [9.17, 15) is 0 Å². The summed E-state index contributed by atoms with van der Waals surface area (Å²) in [4.78, 5) is 2.36. The Morgan fingerprint density at radius 3 is 1.37 bits per heavy atom. The zero-order valence-corrected chi connectivity index (χ0v) is 32.6. The summed E-state index contributed by atoms with van der Waals surface area (Å²) >= 11 is 3.82. The van der Waals surface area contributed by atoms with E-state index in [0.29, 0.717) is 0 Å². The first-order valence-electron chi connectivity index (χ1n) is 19.3. The number of hydrogen-bond acceptors (Lipinski definition) is 3. The molecule has 0 radical (unpaired) electrons. The first-order chi connectivity index (χ1) is 28.3. The number of nitrogens with zero attached hydrogens (tertiary/aromatic N) is 1. The SMILES string of the molecule is c1ccc(-c2ccc(N(c3ccc(-c4ccccc4-c4ccccc4)cc3)c3ccc(-c4cccc5c4sc4c5ccc5sc6ccccc6c54)cc3)cc2)cc1. The molecule has 0 amide bonds. The molecule has 0 atom stereocenters. The fourth-order valence-electron chi connectivity index (χ4n) is 8.36. The summed E-state index contributed by atoms with van der Waals surface area (Å²) in [5.41, 5.74) is 13.1. The third-order valence-electron chi connectivity index (χ3n) is 11.1. The fraction of sp³-hybridized carbons (Fsp3) is 0. The number of rotatable bonds is 7. The second kappa shape index (κ2) is 14.1. The van der Waals surface area contributed by atoms with Crippen molar-refractivity contribution in [1.29, 1.82) is 0 Å². The van der Waals surface area contributed by atoms with Gasteiger partial charge in [0, 0.05) is 57.4 Å². The molecule has 9 aromatic carbocycles. The van der Waals surface area contributed by atoms with Gasteiger partial charge in [-0.15, -0.1) is 22.7 Å². The highest BCUT2D eigenvalue weighted by atomic mass is 32.1. The second-order valence-corrected chi connectivity index (χ2v) is 16.6. The normalized spacial score (nSPS) is 11.5. The maximum atomic E-state index is 2.36. The van der Waals surface area contributed by atoms with Gasteiger partial charge >= 0.3 is 0 Å². The Morgan fingerprint density at radius 1 is 0.263 bits per heavy atom. The molecule has 0 saturated heterocycles. The monoisotopic (exact) mass is 761 g/mol. The Kier molecular flexibility index (Phi) is 8.28. The topological polar surface area (TPSA) is 3.24 Å². The van der Waals surface area contributed by atoms with E-state index in [4.69, 9.17) is 0 Å². The summed E-state index contributed by atoms with van der Waals surface area (Å²) in [7, 11) is 0. The highest BCUT2D eigenvalue weighted by Gasteiger charge is 2.18. The van der Waals surface area contributed by atoms with E-state index < -0.39 is 0 Å². The summed E-state index contributed by atoms with van der Waals surface area (Å²) in [5.74, 6) is 0. The summed E-state index contributed by atoms with van der Waals surface area (Å²) in [6.45, 7) is 0. The molecular formula is C54H35NS2. The maximum Gasteiger partial charge on any atom is 0.0462 e. The third-order valence-corrected chi connectivity index (χ3v) is 13.5. The van der Waals surface area contributed by atoms with Crippen LogP contribution in [-0.4, -0.2) is 0 Å². The lowest BCUT2D eigenvalue weighted by Gasteiger charge is -2.26. The van der Waals surface area contributed by atoms with Gasteiger partial charge in [-0.25, -0.2) is 0 Å². The van der Waals surface area contributed by atoms with Gasteiger partial charge < -0.3 is 4.90 Å². The van der Waals surface area contributed by atoms with Crippen molar-refractivity contribution in [3.8, 4) is 44.5 Å². The van der Waals surface area contributed by atoms with Gasteiger partial charge in [-0.05, 0) is 93.0 Å². The predicted molar refractivity (Wildman–Crippen MR) is 249 cm³/mol. The quantitative estimate of drug-likeness (QED) is 0.156. The van der Waals surface area contributed by atoms with Gasteiger partial charge in [0.15, 0.2) is 0 Å². The first-order valence-corrected chi connectivity index (χ1v) is 21.0. The number of benzene rings is 9. The molecule has 11 aromatic rings. The minimum absolute atomic E-state index is 1.11.